The Hall–Kier alpha value is -0.320. The summed E-state index contributed by atoms with van der Waals surface area (Å²) in [5.74, 6) is -0.309. The standard InChI is InChI=1S/C8H11ClO4/c1-4(10)13-6-3-12-7-5(9)2-11-8(6)7/h5-8H,2-3H2,1H3. The van der Waals surface area contributed by atoms with Crippen LogP contribution in [-0.2, 0) is 19.0 Å². The molecule has 2 heterocycles. The van der Waals surface area contributed by atoms with Crippen molar-refractivity contribution < 1.29 is 19.0 Å². The van der Waals surface area contributed by atoms with Crippen LogP contribution in [0, 0.1) is 0 Å². The highest BCUT2D eigenvalue weighted by molar-refractivity contribution is 6.21. The summed E-state index contributed by atoms with van der Waals surface area (Å²) in [5.41, 5.74) is 0. The number of alkyl halides is 1. The fraction of sp³-hybridized carbons (Fsp3) is 0.875. The quantitative estimate of drug-likeness (QED) is 0.458. The minimum absolute atomic E-state index is 0.119. The van der Waals surface area contributed by atoms with Gasteiger partial charge in [0, 0.05) is 6.92 Å². The largest absolute Gasteiger partial charge is 0.457 e. The smallest absolute Gasteiger partial charge is 0.303 e. The van der Waals surface area contributed by atoms with Crippen molar-refractivity contribution in [3.05, 3.63) is 0 Å². The molecule has 2 fully saturated rings. The van der Waals surface area contributed by atoms with Gasteiger partial charge in [0.05, 0.1) is 18.6 Å². The third-order valence-electron chi connectivity index (χ3n) is 2.26. The number of ether oxygens (including phenoxy) is 3. The summed E-state index contributed by atoms with van der Waals surface area (Å²) in [6.45, 7) is 2.23. The molecule has 0 amide bonds. The van der Waals surface area contributed by atoms with E-state index >= 15 is 0 Å². The summed E-state index contributed by atoms with van der Waals surface area (Å²) in [5, 5.41) is -0.120. The van der Waals surface area contributed by atoms with Crippen molar-refractivity contribution in [2.45, 2.75) is 30.6 Å². The summed E-state index contributed by atoms with van der Waals surface area (Å²) in [6.07, 6.45) is -0.580. The molecule has 2 saturated heterocycles. The minimum Gasteiger partial charge on any atom is -0.457 e. The SMILES string of the molecule is CC(=O)OC1COC2C(Cl)COC12. The van der Waals surface area contributed by atoms with Crippen LogP contribution in [0.25, 0.3) is 0 Å². The molecule has 0 aromatic heterocycles. The summed E-state index contributed by atoms with van der Waals surface area (Å²) >= 11 is 5.92. The molecule has 13 heavy (non-hydrogen) atoms. The molecule has 0 radical (unpaired) electrons. The zero-order chi connectivity index (χ0) is 9.42. The Labute approximate surface area is 81.1 Å². The Morgan fingerprint density at radius 2 is 2.08 bits per heavy atom. The number of rotatable bonds is 1. The first-order chi connectivity index (χ1) is 6.18. The lowest BCUT2D eigenvalue weighted by Crippen LogP contribution is -2.32. The Balaban J connectivity index is 1.98. The van der Waals surface area contributed by atoms with Gasteiger partial charge < -0.3 is 14.2 Å². The van der Waals surface area contributed by atoms with Gasteiger partial charge in [-0.05, 0) is 0 Å². The molecule has 4 unspecified atom stereocenters. The van der Waals surface area contributed by atoms with Crippen molar-refractivity contribution in [3.8, 4) is 0 Å². The highest BCUT2D eigenvalue weighted by Crippen LogP contribution is 2.31. The molecule has 2 aliphatic rings. The lowest BCUT2D eigenvalue weighted by Gasteiger charge is -2.14. The zero-order valence-electron chi connectivity index (χ0n) is 7.23. The maximum Gasteiger partial charge on any atom is 0.303 e. The molecule has 0 N–H and O–H groups in total. The van der Waals surface area contributed by atoms with Crippen LogP contribution in [0.1, 0.15) is 6.92 Å². The van der Waals surface area contributed by atoms with Gasteiger partial charge in [-0.1, -0.05) is 0 Å². The lowest BCUT2D eigenvalue weighted by molar-refractivity contribution is -0.150. The van der Waals surface area contributed by atoms with E-state index in [1.54, 1.807) is 0 Å². The van der Waals surface area contributed by atoms with Crippen LogP contribution >= 0.6 is 11.6 Å². The van der Waals surface area contributed by atoms with Crippen molar-refractivity contribution in [1.29, 1.82) is 0 Å². The van der Waals surface area contributed by atoms with Crippen LogP contribution in [0.3, 0.4) is 0 Å². The van der Waals surface area contributed by atoms with Gasteiger partial charge >= 0.3 is 5.97 Å². The predicted molar refractivity (Wildman–Crippen MR) is 44.7 cm³/mol. The molecule has 0 aromatic rings. The maximum atomic E-state index is 10.7. The van der Waals surface area contributed by atoms with Crippen LogP contribution in [0.5, 0.6) is 0 Å². The van der Waals surface area contributed by atoms with Gasteiger partial charge in [-0.2, -0.15) is 0 Å². The molecule has 2 rings (SSSR count). The topological polar surface area (TPSA) is 44.8 Å². The second kappa shape index (κ2) is 3.44. The Kier molecular flexibility index (Phi) is 2.45. The van der Waals surface area contributed by atoms with Crippen molar-refractivity contribution in [2.75, 3.05) is 13.2 Å². The van der Waals surface area contributed by atoms with Crippen LogP contribution < -0.4 is 0 Å². The van der Waals surface area contributed by atoms with Crippen LogP contribution in [0.4, 0.5) is 0 Å². The van der Waals surface area contributed by atoms with Crippen molar-refractivity contribution in [1.82, 2.24) is 0 Å². The molecule has 5 heteroatoms. The second-order valence-corrected chi connectivity index (χ2v) is 3.82. The second-order valence-electron chi connectivity index (χ2n) is 3.26. The molecule has 0 spiro atoms. The van der Waals surface area contributed by atoms with E-state index in [-0.39, 0.29) is 29.7 Å². The molecular formula is C8H11ClO4. The molecule has 0 aliphatic carbocycles. The fourth-order valence-electron chi connectivity index (χ4n) is 1.73. The number of hydrogen-bond acceptors (Lipinski definition) is 4. The summed E-state index contributed by atoms with van der Waals surface area (Å²) < 4.78 is 15.8. The van der Waals surface area contributed by atoms with Gasteiger partial charge in [0.15, 0.2) is 6.10 Å². The van der Waals surface area contributed by atoms with E-state index in [1.165, 1.54) is 6.92 Å². The van der Waals surface area contributed by atoms with Gasteiger partial charge in [-0.25, -0.2) is 0 Å². The number of carbonyl (C=O) groups excluding carboxylic acids is 1. The van der Waals surface area contributed by atoms with E-state index in [4.69, 9.17) is 25.8 Å². The molecule has 4 atom stereocenters. The van der Waals surface area contributed by atoms with Gasteiger partial charge in [-0.15, -0.1) is 11.6 Å². The molecule has 0 saturated carbocycles. The molecule has 2 aliphatic heterocycles. The minimum atomic E-state index is -0.309. The average molecular weight is 207 g/mol. The van der Waals surface area contributed by atoms with E-state index in [2.05, 4.69) is 0 Å². The first-order valence-electron chi connectivity index (χ1n) is 4.23. The number of fused-ring (bicyclic) bond motifs is 1. The van der Waals surface area contributed by atoms with Gasteiger partial charge in [0.1, 0.15) is 12.2 Å². The number of halogens is 1. The number of esters is 1. The summed E-state index contributed by atoms with van der Waals surface area (Å²) in [4.78, 5) is 10.7. The number of hydrogen-bond donors (Lipinski definition) is 0. The van der Waals surface area contributed by atoms with Gasteiger partial charge in [-0.3, -0.25) is 4.79 Å². The summed E-state index contributed by atoms with van der Waals surface area (Å²) in [7, 11) is 0. The van der Waals surface area contributed by atoms with E-state index in [0.29, 0.717) is 13.2 Å². The maximum absolute atomic E-state index is 10.7. The molecule has 0 aromatic carbocycles. The zero-order valence-corrected chi connectivity index (χ0v) is 7.99. The van der Waals surface area contributed by atoms with Crippen molar-refractivity contribution >= 4 is 17.6 Å². The average Bonchev–Trinajstić information content (AvgIpc) is 2.56. The highest BCUT2D eigenvalue weighted by atomic mass is 35.5. The molecule has 0 bridgehead atoms. The Morgan fingerprint density at radius 3 is 2.77 bits per heavy atom. The third kappa shape index (κ3) is 1.66. The van der Waals surface area contributed by atoms with Gasteiger partial charge in [0.25, 0.3) is 0 Å². The Morgan fingerprint density at radius 1 is 1.38 bits per heavy atom. The van der Waals surface area contributed by atoms with Crippen LogP contribution in [0.15, 0.2) is 0 Å². The number of carbonyl (C=O) groups is 1. The van der Waals surface area contributed by atoms with E-state index in [9.17, 15) is 4.79 Å². The first kappa shape index (κ1) is 9.24. The molecule has 74 valence electrons. The molecule has 4 nitrogen and oxygen atoms in total. The normalized spacial score (nSPS) is 43.2. The lowest BCUT2D eigenvalue weighted by atomic mass is 10.1. The van der Waals surface area contributed by atoms with Crippen LogP contribution in [0.2, 0.25) is 0 Å². The predicted octanol–water partition coefficient (Wildman–Crippen LogP) is 0.323. The van der Waals surface area contributed by atoms with Crippen LogP contribution in [-0.4, -0.2) is 42.9 Å². The van der Waals surface area contributed by atoms with E-state index in [0.717, 1.165) is 0 Å². The van der Waals surface area contributed by atoms with E-state index in [1.807, 2.05) is 0 Å². The van der Waals surface area contributed by atoms with E-state index < -0.39 is 0 Å². The van der Waals surface area contributed by atoms with Gasteiger partial charge in [0.2, 0.25) is 0 Å². The molecular weight excluding hydrogens is 196 g/mol. The fourth-order valence-corrected chi connectivity index (χ4v) is 2.02. The van der Waals surface area contributed by atoms with Crippen molar-refractivity contribution in [2.24, 2.45) is 0 Å². The highest BCUT2D eigenvalue weighted by Gasteiger charge is 2.48. The monoisotopic (exact) mass is 206 g/mol. The first-order valence-corrected chi connectivity index (χ1v) is 4.66. The Bertz CT molecular complexity index is 220. The summed E-state index contributed by atoms with van der Waals surface area (Å²) in [6, 6.07) is 0. The van der Waals surface area contributed by atoms with Crippen molar-refractivity contribution in [3.63, 3.8) is 0 Å². The third-order valence-corrected chi connectivity index (χ3v) is 2.64.